The van der Waals surface area contributed by atoms with Gasteiger partial charge in [-0.15, -0.1) is 17.5 Å². The van der Waals surface area contributed by atoms with Gasteiger partial charge in [-0.1, -0.05) is 24.3 Å². The van der Waals surface area contributed by atoms with Crippen molar-refractivity contribution in [3.05, 3.63) is 70.6 Å². The van der Waals surface area contributed by atoms with E-state index in [4.69, 9.17) is 5.14 Å². The van der Waals surface area contributed by atoms with Crippen LogP contribution in [-0.2, 0) is 24.4 Å². The van der Waals surface area contributed by atoms with E-state index >= 15 is 0 Å². The third kappa shape index (κ3) is 7.55. The van der Waals surface area contributed by atoms with Gasteiger partial charge in [0, 0.05) is 10.4 Å². The molecule has 0 spiro atoms. The Morgan fingerprint density at radius 2 is 1.74 bits per heavy atom. The van der Waals surface area contributed by atoms with Crippen molar-refractivity contribution in [1.29, 1.82) is 0 Å². The summed E-state index contributed by atoms with van der Waals surface area (Å²) in [7, 11) is -3.89. The number of aromatic amines is 1. The SMILES string of the molecule is CC1(C)S[C@@H]2[C@H](NC(=O)[C@H](NC(=O)Nc3cnc(Nc4ccc(S(N)(=O)=O)cc4)[nH]c3=O)c3ccc([O-])cc3)C(=O)N2[C@H]1C(=O)O.[Na+]. The average Bonchev–Trinajstić information content (AvgIpc) is 3.24. The minimum atomic E-state index is -3.89. The zero-order valence-electron chi connectivity index (χ0n) is 25.0. The number of thioether (sulfide) groups is 1. The fourth-order valence-electron chi connectivity index (χ4n) is 5.04. The van der Waals surface area contributed by atoms with E-state index in [2.05, 4.69) is 31.2 Å². The number of nitrogens with one attached hydrogen (secondary N) is 5. The summed E-state index contributed by atoms with van der Waals surface area (Å²) in [6.45, 7) is 3.38. The van der Waals surface area contributed by atoms with E-state index in [1.807, 2.05) is 0 Å². The number of benzene rings is 2. The Labute approximate surface area is 293 Å². The van der Waals surface area contributed by atoms with Crippen molar-refractivity contribution in [2.75, 3.05) is 10.6 Å². The number of sulfonamides is 1. The number of carboxylic acids is 1. The summed E-state index contributed by atoms with van der Waals surface area (Å²) in [6, 6.07) is 5.74. The van der Waals surface area contributed by atoms with Gasteiger partial charge in [0.2, 0.25) is 27.8 Å². The molecule has 2 fully saturated rings. The monoisotopic (exact) mass is 694 g/mol. The number of nitrogens with two attached hydrogens (primary N) is 1. The van der Waals surface area contributed by atoms with E-state index in [0.717, 1.165) is 6.20 Å². The van der Waals surface area contributed by atoms with Crippen molar-refractivity contribution in [2.24, 2.45) is 5.14 Å². The molecule has 2 aromatic carbocycles. The summed E-state index contributed by atoms with van der Waals surface area (Å²) >= 11 is 1.23. The first-order chi connectivity index (χ1) is 21.5. The van der Waals surface area contributed by atoms with E-state index in [1.165, 1.54) is 65.2 Å². The number of rotatable bonds is 9. The van der Waals surface area contributed by atoms with E-state index < -0.39 is 67.6 Å². The largest absolute Gasteiger partial charge is 1.00 e. The van der Waals surface area contributed by atoms with Gasteiger partial charge < -0.3 is 36.4 Å². The Kier molecular flexibility index (Phi) is 10.3. The van der Waals surface area contributed by atoms with Crippen LogP contribution in [0.2, 0.25) is 0 Å². The molecule has 1 aromatic heterocycles. The molecule has 3 aromatic rings. The van der Waals surface area contributed by atoms with Crippen LogP contribution in [0.3, 0.4) is 0 Å². The van der Waals surface area contributed by atoms with Gasteiger partial charge in [0.25, 0.3) is 5.56 Å². The number of fused-ring (bicyclic) bond motifs is 1. The number of carbonyl (C=O) groups is 4. The molecule has 2 saturated heterocycles. The zero-order valence-corrected chi connectivity index (χ0v) is 28.6. The van der Waals surface area contributed by atoms with Gasteiger partial charge in [0.15, 0.2) is 0 Å². The van der Waals surface area contributed by atoms with Crippen LogP contribution >= 0.6 is 11.8 Å². The molecule has 47 heavy (non-hydrogen) atoms. The van der Waals surface area contributed by atoms with Crippen molar-refractivity contribution in [2.45, 2.75) is 47.0 Å². The number of hydrogen-bond donors (Lipinski definition) is 7. The van der Waals surface area contributed by atoms with Crippen molar-refractivity contribution in [3.8, 4) is 5.75 Å². The molecular weight excluding hydrogens is 667 g/mol. The molecule has 2 aliphatic heterocycles. The van der Waals surface area contributed by atoms with Gasteiger partial charge in [-0.05, 0) is 43.7 Å². The first-order valence-corrected chi connectivity index (χ1v) is 15.8. The maximum atomic E-state index is 13.4. The molecule has 0 radical (unpaired) electrons. The van der Waals surface area contributed by atoms with Crippen LogP contribution in [-0.4, -0.2) is 74.4 Å². The second-order valence-corrected chi connectivity index (χ2v) is 14.2. The molecule has 0 aliphatic carbocycles. The predicted molar refractivity (Wildman–Crippen MR) is 162 cm³/mol. The Balaban J connectivity index is 0.00000500. The Morgan fingerprint density at radius 3 is 2.32 bits per heavy atom. The summed E-state index contributed by atoms with van der Waals surface area (Å²) in [5.74, 6) is -2.96. The van der Waals surface area contributed by atoms with Gasteiger partial charge in [0.1, 0.15) is 29.2 Å². The quantitative estimate of drug-likeness (QED) is 0.0859. The van der Waals surface area contributed by atoms with E-state index in [1.54, 1.807) is 13.8 Å². The Hall–Kier alpha value is -4.14. The third-order valence-electron chi connectivity index (χ3n) is 7.22. The van der Waals surface area contributed by atoms with Crippen LogP contribution in [0.25, 0.3) is 0 Å². The number of aliphatic carboxylic acids is 1. The number of anilines is 3. The standard InChI is InChI=1S/C27H28N8O9S2.Na/c1-27(2)19(24(40)41)35-22(39)18(23(35)45-27)32-21(38)17(12-3-7-14(36)8-4-12)33-26(42)31-16-11-29-25(34-20(16)37)30-13-5-9-15(10-6-13)46(28,43)44;/h3-11,17-19,23,36H,1-2H3,(H,32,38)(H,40,41)(H2,28,43,44)(H2,31,33,42)(H2,29,30,34,37);/q;+1/p-1/t17-,18-,19+,23-;/m1./s1. The number of primary sulfonamides is 1. The molecule has 0 saturated carbocycles. The molecule has 5 rings (SSSR count). The summed E-state index contributed by atoms with van der Waals surface area (Å²) in [5, 5.41) is 35.8. The number of hydrogen-bond acceptors (Lipinski definition) is 11. The molecule has 0 bridgehead atoms. The van der Waals surface area contributed by atoms with Gasteiger partial charge in [-0.3, -0.25) is 19.4 Å². The van der Waals surface area contributed by atoms with E-state index in [0.29, 0.717) is 5.69 Å². The fourth-order valence-corrected chi connectivity index (χ4v) is 7.18. The van der Waals surface area contributed by atoms with Crippen LogP contribution in [0.1, 0.15) is 25.5 Å². The predicted octanol–water partition coefficient (Wildman–Crippen LogP) is -3.27. The normalized spacial score (nSPS) is 20.1. The zero-order chi connectivity index (χ0) is 33.6. The topological polar surface area (TPSA) is 269 Å². The molecule has 4 atom stereocenters. The van der Waals surface area contributed by atoms with Crippen LogP contribution in [0.5, 0.6) is 5.75 Å². The first-order valence-electron chi connectivity index (χ1n) is 13.4. The van der Waals surface area contributed by atoms with Crippen LogP contribution < -0.4 is 66.6 Å². The number of carboxylic acid groups (broad SMARTS) is 1. The summed E-state index contributed by atoms with van der Waals surface area (Å²) in [4.78, 5) is 71.3. The van der Waals surface area contributed by atoms with Gasteiger partial charge in [-0.25, -0.2) is 28.1 Å². The number of β-lactam (4-membered cyclic amide) rings is 1. The molecule has 242 valence electrons. The molecule has 17 nitrogen and oxygen atoms in total. The van der Waals surface area contributed by atoms with Gasteiger partial charge in [-0.2, -0.15) is 0 Å². The Morgan fingerprint density at radius 1 is 1.11 bits per heavy atom. The molecule has 2 aliphatic rings. The van der Waals surface area contributed by atoms with Gasteiger partial charge >= 0.3 is 41.6 Å². The van der Waals surface area contributed by atoms with Crippen molar-refractivity contribution >= 4 is 62.9 Å². The van der Waals surface area contributed by atoms with Crippen LogP contribution in [0.4, 0.5) is 22.1 Å². The second kappa shape index (κ2) is 13.5. The maximum Gasteiger partial charge on any atom is 1.00 e. The smallest absolute Gasteiger partial charge is 0.872 e. The molecular formula is C27H27N8NaO9S2. The summed E-state index contributed by atoms with van der Waals surface area (Å²) in [5.41, 5.74) is -0.507. The fraction of sp³-hybridized carbons (Fsp3) is 0.259. The van der Waals surface area contributed by atoms with Crippen LogP contribution in [0.15, 0.2) is 64.4 Å². The average molecular weight is 695 g/mol. The minimum Gasteiger partial charge on any atom is -0.872 e. The van der Waals surface area contributed by atoms with Crippen LogP contribution in [0, 0.1) is 0 Å². The molecule has 0 unspecified atom stereocenters. The van der Waals surface area contributed by atoms with Gasteiger partial charge in [0.05, 0.1) is 11.1 Å². The Bertz CT molecular complexity index is 1890. The van der Waals surface area contributed by atoms with E-state index in [-0.39, 0.29) is 57.4 Å². The van der Waals surface area contributed by atoms with Crippen molar-refractivity contribution in [1.82, 2.24) is 25.5 Å². The third-order valence-corrected chi connectivity index (χ3v) is 9.72. The number of amides is 4. The molecule has 4 amide bonds. The number of aromatic nitrogens is 2. The maximum absolute atomic E-state index is 13.4. The van der Waals surface area contributed by atoms with Crippen molar-refractivity contribution in [3.63, 3.8) is 0 Å². The number of urea groups is 1. The summed E-state index contributed by atoms with van der Waals surface area (Å²) < 4.78 is 22.0. The number of nitrogens with zero attached hydrogens (tertiary/aromatic N) is 2. The van der Waals surface area contributed by atoms with E-state index in [9.17, 15) is 42.6 Å². The molecule has 20 heteroatoms. The first kappa shape index (κ1) is 35.7. The second-order valence-electron chi connectivity index (χ2n) is 10.9. The minimum absolute atomic E-state index is 0. The summed E-state index contributed by atoms with van der Waals surface area (Å²) in [6.07, 6.45) is 1.04. The molecule has 3 heterocycles. The number of carbonyl (C=O) groups excluding carboxylic acids is 3. The molecule has 8 N–H and O–H groups in total. The van der Waals surface area contributed by atoms with Crippen molar-refractivity contribution < 1.29 is 67.4 Å². The number of H-pyrrole nitrogens is 1.